The number of phenols is 1. The molecular weight excluding hydrogens is 207 g/mol. The van der Waals surface area contributed by atoms with Gasteiger partial charge in [0.05, 0.1) is 5.39 Å². The quantitative estimate of drug-likeness (QED) is 0.689. The number of phenolic OH excluding ortho intramolecular Hbond substituents is 1. The molecule has 1 heterocycles. The third kappa shape index (κ3) is 1.39. The number of hydrogen-bond acceptors (Lipinski definition) is 2. The Morgan fingerprint density at radius 2 is 1.94 bits per heavy atom. The highest BCUT2D eigenvalue weighted by molar-refractivity contribution is 5.84. The first-order valence-electron chi connectivity index (χ1n) is 5.68. The molecule has 0 bridgehead atoms. The lowest BCUT2D eigenvalue weighted by atomic mass is 10.1. The number of hydrogen-bond donors (Lipinski definition) is 1. The van der Waals surface area contributed by atoms with E-state index in [0.717, 1.165) is 43.1 Å². The second kappa shape index (κ2) is 3.51. The van der Waals surface area contributed by atoms with E-state index in [-0.39, 0.29) is 11.6 Å². The molecule has 3 heteroatoms. The number of benzene rings is 1. The van der Waals surface area contributed by atoms with Gasteiger partial charge in [-0.25, -0.2) is 4.39 Å². The lowest BCUT2D eigenvalue weighted by Crippen LogP contribution is -1.86. The molecule has 0 radical (unpaired) electrons. The van der Waals surface area contributed by atoms with Crippen LogP contribution in [0, 0.1) is 5.82 Å². The lowest BCUT2D eigenvalue weighted by molar-refractivity contribution is 0.467. The molecule has 0 aliphatic heterocycles. The average Bonchev–Trinajstić information content (AvgIpc) is 2.42. The van der Waals surface area contributed by atoms with Crippen LogP contribution in [0.1, 0.15) is 30.6 Å². The average molecular weight is 220 g/mol. The van der Waals surface area contributed by atoms with Gasteiger partial charge in [-0.05, 0) is 19.3 Å². The monoisotopic (exact) mass is 220 g/mol. The van der Waals surface area contributed by atoms with Crippen LogP contribution in [0.3, 0.4) is 0 Å². The van der Waals surface area contributed by atoms with E-state index >= 15 is 0 Å². The van der Waals surface area contributed by atoms with Crippen LogP contribution in [0.5, 0.6) is 5.75 Å². The van der Waals surface area contributed by atoms with Gasteiger partial charge in [-0.1, -0.05) is 6.42 Å². The predicted molar refractivity (Wildman–Crippen MR) is 59.1 cm³/mol. The van der Waals surface area contributed by atoms with Crippen molar-refractivity contribution in [1.29, 1.82) is 0 Å². The van der Waals surface area contributed by atoms with Crippen LogP contribution >= 0.6 is 0 Å². The SMILES string of the molecule is Oc1cc(F)c2c3c(oc2c1)CCCCC3. The Labute approximate surface area is 92.7 Å². The summed E-state index contributed by atoms with van der Waals surface area (Å²) in [5.74, 6) is 0.452. The highest BCUT2D eigenvalue weighted by Gasteiger charge is 2.19. The standard InChI is InChI=1S/C13H13FO2/c14-10-6-8(15)7-12-13(10)9-4-2-1-3-5-11(9)16-12/h6-7,15H,1-5H2. The van der Waals surface area contributed by atoms with Gasteiger partial charge in [0.2, 0.25) is 0 Å². The van der Waals surface area contributed by atoms with Crippen LogP contribution in [0.15, 0.2) is 16.5 Å². The minimum absolute atomic E-state index is 0.0751. The van der Waals surface area contributed by atoms with E-state index in [2.05, 4.69) is 0 Å². The molecule has 0 saturated heterocycles. The van der Waals surface area contributed by atoms with Gasteiger partial charge in [-0.2, -0.15) is 0 Å². The number of halogens is 1. The van der Waals surface area contributed by atoms with E-state index in [4.69, 9.17) is 4.42 Å². The molecular formula is C13H13FO2. The summed E-state index contributed by atoms with van der Waals surface area (Å²) in [6.45, 7) is 0. The first-order valence-corrected chi connectivity index (χ1v) is 5.68. The summed E-state index contributed by atoms with van der Waals surface area (Å²) in [7, 11) is 0. The summed E-state index contributed by atoms with van der Waals surface area (Å²) in [4.78, 5) is 0. The molecule has 0 amide bonds. The summed E-state index contributed by atoms with van der Waals surface area (Å²) in [5.41, 5.74) is 1.48. The molecule has 0 saturated carbocycles. The van der Waals surface area contributed by atoms with E-state index in [1.54, 1.807) is 0 Å². The number of aryl methyl sites for hydroxylation is 2. The minimum Gasteiger partial charge on any atom is -0.508 e. The third-order valence-corrected chi connectivity index (χ3v) is 3.24. The fourth-order valence-corrected chi connectivity index (χ4v) is 2.51. The third-order valence-electron chi connectivity index (χ3n) is 3.24. The zero-order valence-electron chi connectivity index (χ0n) is 8.92. The molecule has 1 aliphatic carbocycles. The topological polar surface area (TPSA) is 33.4 Å². The second-order valence-corrected chi connectivity index (χ2v) is 4.37. The zero-order valence-corrected chi connectivity index (χ0v) is 8.92. The predicted octanol–water partition coefficient (Wildman–Crippen LogP) is 3.55. The number of furan rings is 1. The Morgan fingerprint density at radius 1 is 1.12 bits per heavy atom. The van der Waals surface area contributed by atoms with Crippen molar-refractivity contribution >= 4 is 11.0 Å². The molecule has 0 fully saturated rings. The Bertz CT molecular complexity index is 542. The Morgan fingerprint density at radius 3 is 2.81 bits per heavy atom. The Kier molecular flexibility index (Phi) is 2.13. The summed E-state index contributed by atoms with van der Waals surface area (Å²) in [6, 6.07) is 2.65. The lowest BCUT2D eigenvalue weighted by Gasteiger charge is -1.98. The molecule has 0 unspecified atom stereocenters. The van der Waals surface area contributed by atoms with Crippen molar-refractivity contribution < 1.29 is 13.9 Å². The van der Waals surface area contributed by atoms with Crippen LogP contribution in [0.4, 0.5) is 4.39 Å². The van der Waals surface area contributed by atoms with E-state index in [9.17, 15) is 9.50 Å². The molecule has 2 aromatic rings. The second-order valence-electron chi connectivity index (χ2n) is 4.37. The molecule has 1 aromatic heterocycles. The Hall–Kier alpha value is -1.51. The molecule has 1 aliphatic rings. The van der Waals surface area contributed by atoms with Gasteiger partial charge in [0.15, 0.2) is 0 Å². The van der Waals surface area contributed by atoms with Crippen LogP contribution < -0.4 is 0 Å². The van der Waals surface area contributed by atoms with Gasteiger partial charge < -0.3 is 9.52 Å². The summed E-state index contributed by atoms with van der Waals surface area (Å²) >= 11 is 0. The minimum atomic E-state index is -0.373. The van der Waals surface area contributed by atoms with E-state index in [1.807, 2.05) is 0 Å². The molecule has 1 N–H and O–H groups in total. The van der Waals surface area contributed by atoms with Gasteiger partial charge in [-0.3, -0.25) is 0 Å². The molecule has 3 rings (SSSR count). The van der Waals surface area contributed by atoms with Crippen molar-refractivity contribution in [2.24, 2.45) is 0 Å². The van der Waals surface area contributed by atoms with Crippen molar-refractivity contribution in [3.05, 3.63) is 29.3 Å². The van der Waals surface area contributed by atoms with Gasteiger partial charge in [-0.15, -0.1) is 0 Å². The van der Waals surface area contributed by atoms with Crippen molar-refractivity contribution in [2.75, 3.05) is 0 Å². The van der Waals surface area contributed by atoms with Crippen LogP contribution in [0.2, 0.25) is 0 Å². The summed E-state index contributed by atoms with van der Waals surface area (Å²) in [5, 5.41) is 9.89. The van der Waals surface area contributed by atoms with E-state index in [0.29, 0.717) is 11.0 Å². The summed E-state index contributed by atoms with van der Waals surface area (Å²) < 4.78 is 19.4. The molecule has 1 aromatic carbocycles. The normalized spacial score (nSPS) is 16.1. The maximum Gasteiger partial charge on any atom is 0.141 e. The van der Waals surface area contributed by atoms with Crippen molar-refractivity contribution in [2.45, 2.75) is 32.1 Å². The molecule has 16 heavy (non-hydrogen) atoms. The highest BCUT2D eigenvalue weighted by Crippen LogP contribution is 2.34. The van der Waals surface area contributed by atoms with Crippen molar-refractivity contribution in [3.63, 3.8) is 0 Å². The number of fused-ring (bicyclic) bond motifs is 3. The van der Waals surface area contributed by atoms with Crippen molar-refractivity contribution in [1.82, 2.24) is 0 Å². The number of rotatable bonds is 0. The fourth-order valence-electron chi connectivity index (χ4n) is 2.51. The fraction of sp³-hybridized carbons (Fsp3) is 0.385. The number of aromatic hydroxyl groups is 1. The zero-order chi connectivity index (χ0) is 11.1. The summed E-state index contributed by atoms with van der Waals surface area (Å²) in [6.07, 6.45) is 5.11. The highest BCUT2D eigenvalue weighted by atomic mass is 19.1. The molecule has 0 spiro atoms. The van der Waals surface area contributed by atoms with E-state index < -0.39 is 0 Å². The van der Waals surface area contributed by atoms with Gasteiger partial charge in [0, 0.05) is 24.1 Å². The maximum absolute atomic E-state index is 13.8. The van der Waals surface area contributed by atoms with Gasteiger partial charge >= 0.3 is 0 Å². The van der Waals surface area contributed by atoms with Gasteiger partial charge in [0.1, 0.15) is 22.9 Å². The largest absolute Gasteiger partial charge is 0.508 e. The van der Waals surface area contributed by atoms with Crippen LogP contribution in [-0.2, 0) is 12.8 Å². The molecule has 0 atom stereocenters. The van der Waals surface area contributed by atoms with Crippen LogP contribution in [-0.4, -0.2) is 5.11 Å². The van der Waals surface area contributed by atoms with Crippen LogP contribution in [0.25, 0.3) is 11.0 Å². The Balaban J connectivity index is 2.29. The van der Waals surface area contributed by atoms with Crippen molar-refractivity contribution in [3.8, 4) is 5.75 Å². The first-order chi connectivity index (χ1) is 7.75. The maximum atomic E-state index is 13.8. The van der Waals surface area contributed by atoms with E-state index in [1.165, 1.54) is 12.5 Å². The molecule has 2 nitrogen and oxygen atoms in total. The smallest absolute Gasteiger partial charge is 0.141 e. The van der Waals surface area contributed by atoms with Gasteiger partial charge in [0.25, 0.3) is 0 Å². The molecule has 84 valence electrons. The first kappa shape index (κ1) is 9.70.